The lowest BCUT2D eigenvalue weighted by molar-refractivity contribution is 0.0694. The van der Waals surface area contributed by atoms with E-state index >= 15 is 0 Å². The molecule has 0 radical (unpaired) electrons. The summed E-state index contributed by atoms with van der Waals surface area (Å²) in [4.78, 5) is 10.9. The summed E-state index contributed by atoms with van der Waals surface area (Å²) in [5.74, 6) is -1.51. The van der Waals surface area contributed by atoms with Crippen LogP contribution in [0.25, 0.3) is 22.2 Å². The van der Waals surface area contributed by atoms with E-state index in [1.807, 2.05) is 18.2 Å². The number of rotatable bonds is 2. The minimum atomic E-state index is -1.19. The normalized spacial score (nSPS) is 10.3. The lowest BCUT2D eigenvalue weighted by Crippen LogP contribution is -1.96. The predicted octanol–water partition coefficient (Wildman–Crippen LogP) is 4.25. The van der Waals surface area contributed by atoms with Gasteiger partial charge in [-0.2, -0.15) is 20.7 Å². The zero-order valence-corrected chi connectivity index (χ0v) is 18.3. The number of carboxylic acid groups (broad SMARTS) is 1. The highest BCUT2D eigenvalue weighted by atomic mass is 79.9. The molecule has 1 aromatic carbocycles. The van der Waals surface area contributed by atoms with Gasteiger partial charge in [-0.05, 0) is 70.0 Å². The Morgan fingerprint density at radius 1 is 0.909 bits per heavy atom. The van der Waals surface area contributed by atoms with Gasteiger partial charge in [0, 0.05) is 22.4 Å². The number of carbonyl (C=O) groups is 1. The molecular weight excluding hydrogens is 488 g/mol. The number of fused-ring (bicyclic) bond motifs is 2. The number of hydrogen-bond donors (Lipinski definition) is 2. The van der Waals surface area contributed by atoms with Crippen molar-refractivity contribution in [3.8, 4) is 29.0 Å². The van der Waals surface area contributed by atoms with E-state index in [4.69, 9.17) is 15.6 Å². The monoisotopic (exact) mass is 500 g/mol. The van der Waals surface area contributed by atoms with E-state index in [9.17, 15) is 9.90 Å². The molecule has 0 aliphatic heterocycles. The summed E-state index contributed by atoms with van der Waals surface area (Å²) in [7, 11) is 0. The number of carboxylic acids is 1. The molecule has 10 heteroatoms. The van der Waals surface area contributed by atoms with Gasteiger partial charge in [0.2, 0.25) is 0 Å². The van der Waals surface area contributed by atoms with Crippen molar-refractivity contribution >= 4 is 32.9 Å². The first-order chi connectivity index (χ1) is 15.9. The minimum Gasteiger partial charge on any atom is -0.507 e. The second kappa shape index (κ2) is 8.83. The topological polar surface area (TPSA) is 140 Å². The van der Waals surface area contributed by atoms with Crippen LogP contribution in [0, 0.1) is 22.7 Å². The van der Waals surface area contributed by atoms with Gasteiger partial charge in [-0.1, -0.05) is 6.07 Å². The first-order valence-electron chi connectivity index (χ1n) is 9.40. The standard InChI is InChI=1S/C15H9N3O3.C8H4BrN3/c16-8-10-7-12(13-2-1-5-17-18(10)13)9-3-4-11(15(20)21)14(19)6-9;9-7-4-6(5-10)12-8(7)2-1-3-11-12/h1-7,19H,(H,20,21);1-4H. The van der Waals surface area contributed by atoms with Crippen LogP contribution in [0.15, 0.2) is 71.5 Å². The molecule has 0 spiro atoms. The fraction of sp³-hybridized carbons (Fsp3) is 0. The Morgan fingerprint density at radius 3 is 2.12 bits per heavy atom. The highest BCUT2D eigenvalue weighted by Crippen LogP contribution is 2.31. The Labute approximate surface area is 195 Å². The van der Waals surface area contributed by atoms with Gasteiger partial charge in [0.15, 0.2) is 0 Å². The SMILES string of the molecule is N#Cc1cc(-c2ccc(C(=O)O)c(O)c2)c2cccnn12.N#Cc1cc(Br)c2cccnn12. The molecule has 4 heterocycles. The van der Waals surface area contributed by atoms with Crippen LogP contribution in [0.2, 0.25) is 0 Å². The number of aromatic nitrogens is 4. The first-order valence-corrected chi connectivity index (χ1v) is 10.2. The summed E-state index contributed by atoms with van der Waals surface area (Å²) in [6.45, 7) is 0. The van der Waals surface area contributed by atoms with E-state index in [1.54, 1.807) is 47.2 Å². The average Bonchev–Trinajstić information content (AvgIpc) is 3.37. The number of hydrogen-bond acceptors (Lipinski definition) is 6. The molecule has 0 atom stereocenters. The third-order valence-corrected chi connectivity index (χ3v) is 5.43. The summed E-state index contributed by atoms with van der Waals surface area (Å²) in [5.41, 5.74) is 3.67. The molecule has 5 aromatic rings. The van der Waals surface area contributed by atoms with E-state index in [2.05, 4.69) is 32.2 Å². The van der Waals surface area contributed by atoms with Crippen LogP contribution in [0.3, 0.4) is 0 Å². The Morgan fingerprint density at radius 2 is 1.52 bits per heavy atom. The molecule has 2 N–H and O–H groups in total. The van der Waals surface area contributed by atoms with Crippen molar-refractivity contribution in [3.63, 3.8) is 0 Å². The van der Waals surface area contributed by atoms with Crippen LogP contribution >= 0.6 is 15.9 Å². The Kier molecular flexibility index (Phi) is 5.77. The molecule has 0 bridgehead atoms. The van der Waals surface area contributed by atoms with Crippen LogP contribution in [-0.4, -0.2) is 35.4 Å². The lowest BCUT2D eigenvalue weighted by Gasteiger charge is -2.04. The fourth-order valence-electron chi connectivity index (χ4n) is 3.31. The quantitative estimate of drug-likeness (QED) is 0.369. The van der Waals surface area contributed by atoms with Crippen molar-refractivity contribution in [1.82, 2.24) is 19.2 Å². The average molecular weight is 501 g/mol. The van der Waals surface area contributed by atoms with Crippen molar-refractivity contribution in [3.05, 3.63) is 88.4 Å². The van der Waals surface area contributed by atoms with Crippen LogP contribution in [0.5, 0.6) is 5.75 Å². The van der Waals surface area contributed by atoms with Gasteiger partial charge in [-0.25, -0.2) is 13.8 Å². The van der Waals surface area contributed by atoms with Crippen molar-refractivity contribution in [1.29, 1.82) is 10.5 Å². The van der Waals surface area contributed by atoms with Crippen molar-refractivity contribution in [2.45, 2.75) is 0 Å². The molecule has 0 saturated carbocycles. The zero-order valence-electron chi connectivity index (χ0n) is 16.7. The fourth-order valence-corrected chi connectivity index (χ4v) is 3.83. The predicted molar refractivity (Wildman–Crippen MR) is 122 cm³/mol. The Hall–Kier alpha value is -4.67. The van der Waals surface area contributed by atoms with E-state index in [0.29, 0.717) is 28.0 Å². The number of benzene rings is 1. The van der Waals surface area contributed by atoms with Gasteiger partial charge < -0.3 is 10.2 Å². The number of aromatic hydroxyl groups is 1. The van der Waals surface area contributed by atoms with Gasteiger partial charge in [-0.15, -0.1) is 0 Å². The molecule has 0 unspecified atom stereocenters. The summed E-state index contributed by atoms with van der Waals surface area (Å²) >= 11 is 3.35. The summed E-state index contributed by atoms with van der Waals surface area (Å²) in [6.07, 6.45) is 3.23. The summed E-state index contributed by atoms with van der Waals surface area (Å²) in [6, 6.07) is 19.1. The molecule has 33 heavy (non-hydrogen) atoms. The van der Waals surface area contributed by atoms with E-state index < -0.39 is 5.97 Å². The van der Waals surface area contributed by atoms with Gasteiger partial charge in [-0.3, -0.25) is 0 Å². The smallest absolute Gasteiger partial charge is 0.339 e. The third kappa shape index (κ3) is 3.99. The number of phenols is 1. The largest absolute Gasteiger partial charge is 0.507 e. The van der Waals surface area contributed by atoms with Gasteiger partial charge in [0.1, 0.15) is 34.8 Å². The second-order valence-corrected chi connectivity index (χ2v) is 7.58. The van der Waals surface area contributed by atoms with E-state index in [1.165, 1.54) is 16.6 Å². The lowest BCUT2D eigenvalue weighted by atomic mass is 10.0. The maximum atomic E-state index is 10.9. The maximum absolute atomic E-state index is 10.9. The number of aromatic carboxylic acids is 1. The number of nitriles is 2. The number of halogens is 1. The summed E-state index contributed by atoms with van der Waals surface area (Å²) in [5, 5.41) is 44.7. The van der Waals surface area contributed by atoms with Crippen molar-refractivity contribution in [2.75, 3.05) is 0 Å². The maximum Gasteiger partial charge on any atom is 0.339 e. The highest BCUT2D eigenvalue weighted by molar-refractivity contribution is 9.10. The second-order valence-electron chi connectivity index (χ2n) is 6.72. The molecule has 0 aliphatic carbocycles. The van der Waals surface area contributed by atoms with E-state index in [-0.39, 0.29) is 11.3 Å². The third-order valence-electron chi connectivity index (χ3n) is 4.79. The highest BCUT2D eigenvalue weighted by Gasteiger charge is 2.15. The Bertz CT molecular complexity index is 1610. The van der Waals surface area contributed by atoms with E-state index in [0.717, 1.165) is 9.99 Å². The molecular formula is C23H13BrN6O3. The van der Waals surface area contributed by atoms with Crippen LogP contribution in [0.1, 0.15) is 21.7 Å². The molecule has 0 amide bonds. The van der Waals surface area contributed by atoms with Crippen LogP contribution in [0.4, 0.5) is 0 Å². The minimum absolute atomic E-state index is 0.166. The first kappa shape index (κ1) is 21.6. The van der Waals surface area contributed by atoms with Crippen molar-refractivity contribution in [2.24, 2.45) is 0 Å². The molecule has 0 fully saturated rings. The summed E-state index contributed by atoms with van der Waals surface area (Å²) < 4.78 is 3.99. The van der Waals surface area contributed by atoms with Crippen LogP contribution < -0.4 is 0 Å². The zero-order chi connectivity index (χ0) is 23.5. The molecule has 4 aromatic heterocycles. The van der Waals surface area contributed by atoms with Gasteiger partial charge in [0.05, 0.1) is 11.0 Å². The molecule has 0 saturated heterocycles. The molecule has 160 valence electrons. The molecule has 0 aliphatic rings. The number of nitrogens with zero attached hydrogens (tertiary/aromatic N) is 6. The van der Waals surface area contributed by atoms with Crippen LogP contribution in [-0.2, 0) is 0 Å². The van der Waals surface area contributed by atoms with Gasteiger partial charge in [0.25, 0.3) is 0 Å². The molecule has 5 rings (SSSR count). The molecule has 9 nitrogen and oxygen atoms in total. The Balaban J connectivity index is 0.000000183. The van der Waals surface area contributed by atoms with Crippen molar-refractivity contribution < 1.29 is 15.0 Å². The van der Waals surface area contributed by atoms with Gasteiger partial charge >= 0.3 is 5.97 Å².